The number of amides is 2. The molecule has 4 aromatic rings. The van der Waals surface area contributed by atoms with Crippen LogP contribution < -0.4 is 5.32 Å². The van der Waals surface area contributed by atoms with Crippen molar-refractivity contribution in [2.45, 2.75) is 32.1 Å². The Morgan fingerprint density at radius 3 is 2.59 bits per heavy atom. The van der Waals surface area contributed by atoms with Gasteiger partial charge in [-0.1, -0.05) is 42.5 Å². The van der Waals surface area contributed by atoms with Gasteiger partial charge in [0.15, 0.2) is 0 Å². The molecule has 2 aromatic heterocycles. The predicted molar refractivity (Wildman–Crippen MR) is 123 cm³/mol. The minimum absolute atomic E-state index is 0.207. The van der Waals surface area contributed by atoms with Crippen molar-refractivity contribution in [2.24, 2.45) is 0 Å². The predicted octanol–water partition coefficient (Wildman–Crippen LogP) is 4.57. The van der Waals surface area contributed by atoms with E-state index in [1.54, 1.807) is 35.3 Å². The number of rotatable bonds is 5. The third-order valence-electron chi connectivity index (χ3n) is 6.07. The number of benzene rings is 2. The lowest BCUT2D eigenvalue weighted by atomic mass is 9.93. The van der Waals surface area contributed by atoms with E-state index in [1.807, 2.05) is 52.4 Å². The van der Waals surface area contributed by atoms with Crippen LogP contribution in [0.3, 0.4) is 0 Å². The van der Waals surface area contributed by atoms with Crippen molar-refractivity contribution >= 4 is 33.4 Å². The molecule has 32 heavy (non-hydrogen) atoms. The Kier molecular flexibility index (Phi) is 5.06. The van der Waals surface area contributed by atoms with E-state index < -0.39 is 5.54 Å². The third-order valence-corrected chi connectivity index (χ3v) is 7.02. The smallest absolute Gasteiger partial charge is 0.271 e. The molecule has 2 aromatic carbocycles. The average Bonchev–Trinajstić information content (AvgIpc) is 3.39. The first kappa shape index (κ1) is 20.5. The third kappa shape index (κ3) is 3.48. The highest BCUT2D eigenvalue weighted by molar-refractivity contribution is 7.16. The van der Waals surface area contributed by atoms with Gasteiger partial charge < -0.3 is 14.8 Å². The van der Waals surface area contributed by atoms with Crippen molar-refractivity contribution in [3.05, 3.63) is 94.7 Å². The summed E-state index contributed by atoms with van der Waals surface area (Å²) in [6, 6.07) is 19.6. The van der Waals surface area contributed by atoms with Crippen LogP contribution in [0, 0.1) is 5.82 Å². The fourth-order valence-electron chi connectivity index (χ4n) is 4.25. The Morgan fingerprint density at radius 1 is 1.09 bits per heavy atom. The molecular formula is C25H22FN3O2S. The maximum atomic E-state index is 13.6. The van der Waals surface area contributed by atoms with E-state index in [4.69, 9.17) is 0 Å². The summed E-state index contributed by atoms with van der Waals surface area (Å²) in [5.41, 5.74) is 1.22. The number of nitrogens with one attached hydrogen (secondary N) is 1. The summed E-state index contributed by atoms with van der Waals surface area (Å²) >= 11 is 1.56. The lowest BCUT2D eigenvalue weighted by molar-refractivity contribution is -0.133. The van der Waals surface area contributed by atoms with Gasteiger partial charge in [0.1, 0.15) is 21.9 Å². The Labute approximate surface area is 189 Å². The molecule has 0 aliphatic carbocycles. The number of aromatic nitrogens is 1. The Bertz CT molecular complexity index is 1300. The Morgan fingerprint density at radius 2 is 1.84 bits per heavy atom. The summed E-state index contributed by atoms with van der Waals surface area (Å²) < 4.78 is 15.4. The maximum Gasteiger partial charge on any atom is 0.271 e. The molecular weight excluding hydrogens is 425 g/mol. The van der Waals surface area contributed by atoms with Gasteiger partial charge >= 0.3 is 0 Å². The van der Waals surface area contributed by atoms with E-state index in [-0.39, 0.29) is 24.2 Å². The van der Waals surface area contributed by atoms with Gasteiger partial charge in [0.05, 0.1) is 6.54 Å². The van der Waals surface area contributed by atoms with Crippen molar-refractivity contribution in [3.63, 3.8) is 0 Å². The number of fused-ring (bicyclic) bond motifs is 3. The van der Waals surface area contributed by atoms with Gasteiger partial charge in [-0.15, -0.1) is 11.3 Å². The molecule has 0 saturated carbocycles. The second kappa shape index (κ2) is 7.91. The summed E-state index contributed by atoms with van der Waals surface area (Å²) in [5.74, 6) is -0.765. The Hall–Kier alpha value is -3.45. The van der Waals surface area contributed by atoms with Gasteiger partial charge in [0.25, 0.3) is 5.91 Å². The number of carbonyl (C=O) groups excluding carboxylic acids is 2. The molecule has 7 heteroatoms. The maximum absolute atomic E-state index is 13.6. The van der Waals surface area contributed by atoms with Crippen LogP contribution in [0.2, 0.25) is 0 Å². The molecule has 162 valence electrons. The lowest BCUT2D eigenvalue weighted by Crippen LogP contribution is -2.63. The number of hydrogen-bond donors (Lipinski definition) is 1. The summed E-state index contributed by atoms with van der Waals surface area (Å²) in [6.07, 6.45) is 0. The van der Waals surface area contributed by atoms with Gasteiger partial charge in [0, 0.05) is 18.5 Å². The van der Waals surface area contributed by atoms with Crippen LogP contribution in [0.1, 0.15) is 28.5 Å². The standard InChI is InChI=1S/C25H22FN3O2S/c1-25(24(31)27-14-17-5-3-2-4-6-17)16-28-21(13-19-11-12-32-23(19)28)22(30)29(25)15-18-7-9-20(26)10-8-18/h2-13H,14-16H2,1H3,(H,27,31)/t25-/m0/s1. The monoisotopic (exact) mass is 447 g/mol. The second-order valence-corrected chi connectivity index (χ2v) is 9.15. The molecule has 0 spiro atoms. The van der Waals surface area contributed by atoms with E-state index >= 15 is 0 Å². The van der Waals surface area contributed by atoms with Crippen LogP contribution in [0.25, 0.3) is 10.2 Å². The summed E-state index contributed by atoms with van der Waals surface area (Å²) in [4.78, 5) is 29.7. The van der Waals surface area contributed by atoms with Gasteiger partial charge in [-0.2, -0.15) is 0 Å². The van der Waals surface area contributed by atoms with Crippen LogP contribution in [-0.2, 0) is 24.4 Å². The van der Waals surface area contributed by atoms with E-state index in [9.17, 15) is 14.0 Å². The van der Waals surface area contributed by atoms with Gasteiger partial charge in [-0.05, 0) is 47.7 Å². The zero-order chi connectivity index (χ0) is 22.3. The topological polar surface area (TPSA) is 54.3 Å². The molecule has 2 amide bonds. The largest absolute Gasteiger partial charge is 0.350 e. The van der Waals surface area contributed by atoms with Gasteiger partial charge in [-0.3, -0.25) is 9.59 Å². The van der Waals surface area contributed by atoms with Crippen molar-refractivity contribution in [1.82, 2.24) is 14.8 Å². The number of halogens is 1. The lowest BCUT2D eigenvalue weighted by Gasteiger charge is -2.44. The van der Waals surface area contributed by atoms with Crippen molar-refractivity contribution in [2.75, 3.05) is 0 Å². The highest BCUT2D eigenvalue weighted by Crippen LogP contribution is 2.35. The van der Waals surface area contributed by atoms with Crippen LogP contribution in [0.4, 0.5) is 4.39 Å². The highest BCUT2D eigenvalue weighted by Gasteiger charge is 2.47. The zero-order valence-corrected chi connectivity index (χ0v) is 18.4. The van der Waals surface area contributed by atoms with Crippen LogP contribution in [-0.4, -0.2) is 26.8 Å². The number of hydrogen-bond acceptors (Lipinski definition) is 3. The number of nitrogens with zero attached hydrogens (tertiary/aromatic N) is 2. The molecule has 1 aliphatic rings. The quantitative estimate of drug-likeness (QED) is 0.487. The highest BCUT2D eigenvalue weighted by atomic mass is 32.1. The fourth-order valence-corrected chi connectivity index (χ4v) is 5.14. The van der Waals surface area contributed by atoms with Crippen LogP contribution in [0.15, 0.2) is 72.1 Å². The molecule has 0 fully saturated rings. The summed E-state index contributed by atoms with van der Waals surface area (Å²) in [6.45, 7) is 2.74. The Balaban J connectivity index is 1.51. The molecule has 0 radical (unpaired) electrons. The number of thiophene rings is 1. The molecule has 0 bridgehead atoms. The van der Waals surface area contributed by atoms with Gasteiger partial charge in [-0.25, -0.2) is 4.39 Å². The minimum Gasteiger partial charge on any atom is -0.350 e. The SMILES string of the molecule is C[C@@]1(C(=O)NCc2ccccc2)Cn2c(cc3ccsc32)C(=O)N1Cc1ccc(F)cc1. The average molecular weight is 448 g/mol. The molecule has 0 saturated heterocycles. The first-order valence-corrected chi connectivity index (χ1v) is 11.3. The second-order valence-electron chi connectivity index (χ2n) is 8.26. The minimum atomic E-state index is -1.11. The zero-order valence-electron chi connectivity index (χ0n) is 17.5. The van der Waals surface area contributed by atoms with Crippen LogP contribution in [0.5, 0.6) is 0 Å². The van der Waals surface area contributed by atoms with Crippen LogP contribution >= 0.6 is 11.3 Å². The van der Waals surface area contributed by atoms with E-state index in [0.717, 1.165) is 21.3 Å². The molecule has 1 atom stereocenters. The molecule has 0 unspecified atom stereocenters. The molecule has 5 rings (SSSR count). The molecule has 1 aliphatic heterocycles. The summed E-state index contributed by atoms with van der Waals surface area (Å²) in [5, 5.41) is 6.00. The van der Waals surface area contributed by atoms with Crippen molar-refractivity contribution in [1.29, 1.82) is 0 Å². The molecule has 1 N–H and O–H groups in total. The van der Waals surface area contributed by atoms with E-state index in [2.05, 4.69) is 5.32 Å². The van der Waals surface area contributed by atoms with Crippen molar-refractivity contribution < 1.29 is 14.0 Å². The first-order chi connectivity index (χ1) is 15.5. The van der Waals surface area contributed by atoms with E-state index in [0.29, 0.717) is 18.8 Å². The molecule has 3 heterocycles. The normalized spacial score (nSPS) is 18.1. The van der Waals surface area contributed by atoms with E-state index in [1.165, 1.54) is 12.1 Å². The van der Waals surface area contributed by atoms with Gasteiger partial charge in [0.2, 0.25) is 5.91 Å². The molecule has 5 nitrogen and oxygen atoms in total. The summed E-state index contributed by atoms with van der Waals surface area (Å²) in [7, 11) is 0. The fraction of sp³-hybridized carbons (Fsp3) is 0.200. The first-order valence-electron chi connectivity index (χ1n) is 10.4. The van der Waals surface area contributed by atoms with Crippen molar-refractivity contribution in [3.8, 4) is 0 Å². The number of carbonyl (C=O) groups is 2.